The van der Waals surface area contributed by atoms with Crippen molar-refractivity contribution in [1.82, 2.24) is 4.98 Å². The Kier molecular flexibility index (Phi) is 6.08. The summed E-state index contributed by atoms with van der Waals surface area (Å²) < 4.78 is 11.1. The number of aromatic nitrogens is 1. The SMILES string of the molecule is O=C(c1cnc(OC2CCOC2)c(Cl)c1)N(Cc1ccccc1)c1ccccc1. The Morgan fingerprint density at radius 2 is 1.86 bits per heavy atom. The fraction of sp³-hybridized carbons (Fsp3) is 0.217. The lowest BCUT2D eigenvalue weighted by Crippen LogP contribution is -2.30. The number of benzene rings is 2. The lowest BCUT2D eigenvalue weighted by Gasteiger charge is -2.23. The summed E-state index contributed by atoms with van der Waals surface area (Å²) in [5.41, 5.74) is 2.25. The molecule has 1 atom stereocenters. The Morgan fingerprint density at radius 1 is 1.14 bits per heavy atom. The van der Waals surface area contributed by atoms with Crippen LogP contribution in [0.15, 0.2) is 72.9 Å². The van der Waals surface area contributed by atoms with E-state index in [0.717, 1.165) is 17.7 Å². The molecule has 5 nitrogen and oxygen atoms in total. The van der Waals surface area contributed by atoms with E-state index in [0.29, 0.717) is 36.2 Å². The number of carbonyl (C=O) groups is 1. The third-order valence-corrected chi connectivity index (χ3v) is 4.99. The van der Waals surface area contributed by atoms with Gasteiger partial charge in [-0.1, -0.05) is 60.1 Å². The number of amides is 1. The highest BCUT2D eigenvalue weighted by molar-refractivity contribution is 6.32. The second-order valence-corrected chi connectivity index (χ2v) is 7.23. The molecule has 148 valence electrons. The van der Waals surface area contributed by atoms with E-state index in [2.05, 4.69) is 4.98 Å². The van der Waals surface area contributed by atoms with E-state index in [9.17, 15) is 4.79 Å². The van der Waals surface area contributed by atoms with Crippen molar-refractivity contribution in [2.24, 2.45) is 0 Å². The van der Waals surface area contributed by atoms with Crippen molar-refractivity contribution >= 4 is 23.2 Å². The number of hydrogen-bond acceptors (Lipinski definition) is 4. The van der Waals surface area contributed by atoms with Gasteiger partial charge in [-0.25, -0.2) is 4.98 Å². The van der Waals surface area contributed by atoms with Crippen molar-refractivity contribution in [2.45, 2.75) is 19.1 Å². The van der Waals surface area contributed by atoms with Crippen molar-refractivity contribution in [3.8, 4) is 5.88 Å². The monoisotopic (exact) mass is 408 g/mol. The molecule has 1 aliphatic heterocycles. The molecule has 0 saturated carbocycles. The topological polar surface area (TPSA) is 51.7 Å². The fourth-order valence-corrected chi connectivity index (χ4v) is 3.41. The minimum absolute atomic E-state index is 0.0551. The van der Waals surface area contributed by atoms with E-state index in [1.807, 2.05) is 60.7 Å². The van der Waals surface area contributed by atoms with E-state index >= 15 is 0 Å². The van der Waals surface area contributed by atoms with E-state index in [4.69, 9.17) is 21.1 Å². The molecule has 1 aromatic heterocycles. The Hall–Kier alpha value is -2.89. The highest BCUT2D eigenvalue weighted by atomic mass is 35.5. The molecule has 0 radical (unpaired) electrons. The quantitative estimate of drug-likeness (QED) is 0.590. The summed E-state index contributed by atoms with van der Waals surface area (Å²) in [4.78, 5) is 19.3. The summed E-state index contributed by atoms with van der Waals surface area (Å²) in [5, 5.41) is 0.315. The van der Waals surface area contributed by atoms with Gasteiger partial charge in [-0.15, -0.1) is 0 Å². The Labute approximate surface area is 174 Å². The number of nitrogens with zero attached hydrogens (tertiary/aromatic N) is 2. The number of hydrogen-bond donors (Lipinski definition) is 0. The first-order valence-electron chi connectivity index (χ1n) is 9.51. The molecule has 1 fully saturated rings. The van der Waals surface area contributed by atoms with Crippen LogP contribution in [-0.2, 0) is 11.3 Å². The van der Waals surface area contributed by atoms with Gasteiger partial charge < -0.3 is 14.4 Å². The largest absolute Gasteiger partial charge is 0.471 e. The molecule has 1 saturated heterocycles. The van der Waals surface area contributed by atoms with E-state index < -0.39 is 0 Å². The summed E-state index contributed by atoms with van der Waals surface area (Å²) in [7, 11) is 0. The molecule has 29 heavy (non-hydrogen) atoms. The maximum Gasteiger partial charge on any atom is 0.260 e. The zero-order valence-corrected chi connectivity index (χ0v) is 16.6. The van der Waals surface area contributed by atoms with Crippen molar-refractivity contribution in [3.05, 3.63) is 89.1 Å². The molecule has 0 aliphatic carbocycles. The molecule has 3 aromatic rings. The Morgan fingerprint density at radius 3 is 2.52 bits per heavy atom. The molecule has 0 N–H and O–H groups in total. The second kappa shape index (κ2) is 9.07. The molecular weight excluding hydrogens is 388 g/mol. The fourth-order valence-electron chi connectivity index (χ4n) is 3.20. The van der Waals surface area contributed by atoms with Crippen molar-refractivity contribution in [2.75, 3.05) is 18.1 Å². The number of rotatable bonds is 6. The van der Waals surface area contributed by atoms with Gasteiger partial charge in [-0.05, 0) is 23.8 Å². The van der Waals surface area contributed by atoms with Gasteiger partial charge in [0.05, 0.1) is 25.3 Å². The zero-order valence-electron chi connectivity index (χ0n) is 15.8. The maximum atomic E-state index is 13.3. The van der Waals surface area contributed by atoms with Crippen LogP contribution in [0.5, 0.6) is 5.88 Å². The number of anilines is 1. The van der Waals surface area contributed by atoms with E-state index in [1.165, 1.54) is 6.20 Å². The Bertz CT molecular complexity index is 960. The molecule has 1 amide bonds. The van der Waals surface area contributed by atoms with Crippen LogP contribution in [0.4, 0.5) is 5.69 Å². The molecule has 1 unspecified atom stereocenters. The van der Waals surface area contributed by atoms with Crippen molar-refractivity contribution < 1.29 is 14.3 Å². The van der Waals surface area contributed by atoms with Gasteiger partial charge in [0.15, 0.2) is 0 Å². The molecule has 4 rings (SSSR count). The number of pyridine rings is 1. The summed E-state index contributed by atoms with van der Waals surface area (Å²) in [6.45, 7) is 1.64. The number of para-hydroxylation sites is 1. The van der Waals surface area contributed by atoms with Crippen molar-refractivity contribution in [1.29, 1.82) is 0 Å². The normalized spacial score (nSPS) is 15.8. The third kappa shape index (κ3) is 4.75. The first kappa shape index (κ1) is 19.4. The van der Waals surface area contributed by atoms with Gasteiger partial charge >= 0.3 is 0 Å². The number of carbonyl (C=O) groups excluding carboxylic acids is 1. The van der Waals surface area contributed by atoms with E-state index in [-0.39, 0.29) is 12.0 Å². The van der Waals surface area contributed by atoms with E-state index in [1.54, 1.807) is 11.0 Å². The lowest BCUT2D eigenvalue weighted by molar-refractivity contribution is 0.0984. The maximum absolute atomic E-state index is 13.3. The number of halogens is 1. The molecule has 0 bridgehead atoms. The summed E-state index contributed by atoms with van der Waals surface area (Å²) in [6.07, 6.45) is 2.26. The van der Waals surface area contributed by atoms with Crippen LogP contribution in [0.3, 0.4) is 0 Å². The molecule has 2 heterocycles. The van der Waals surface area contributed by atoms with Crippen LogP contribution in [0.2, 0.25) is 5.02 Å². The lowest BCUT2D eigenvalue weighted by atomic mass is 10.1. The third-order valence-electron chi connectivity index (χ3n) is 4.72. The summed E-state index contributed by atoms with van der Waals surface area (Å²) in [6, 6.07) is 21.0. The standard InChI is InChI=1S/C23H21ClN2O3/c24-21-13-18(14-25-22(21)29-20-11-12-28-16-20)23(27)26(19-9-5-2-6-10-19)15-17-7-3-1-4-8-17/h1-10,13-14,20H,11-12,15-16H2. The minimum atomic E-state index is -0.176. The predicted octanol–water partition coefficient (Wildman–Crippen LogP) is 4.75. The van der Waals surface area contributed by atoms with Gasteiger partial charge in [0.1, 0.15) is 11.1 Å². The first-order chi connectivity index (χ1) is 14.2. The molecule has 0 spiro atoms. The van der Waals surface area contributed by atoms with Gasteiger partial charge in [0.25, 0.3) is 5.91 Å². The molecular formula is C23H21ClN2O3. The average Bonchev–Trinajstić information content (AvgIpc) is 3.27. The van der Waals surface area contributed by atoms with Crippen LogP contribution in [0, 0.1) is 0 Å². The smallest absolute Gasteiger partial charge is 0.260 e. The Balaban J connectivity index is 1.59. The second-order valence-electron chi connectivity index (χ2n) is 6.83. The van der Waals surface area contributed by atoms with Gasteiger partial charge in [0, 0.05) is 18.3 Å². The van der Waals surface area contributed by atoms with Gasteiger partial charge in [-0.3, -0.25) is 4.79 Å². The molecule has 6 heteroatoms. The van der Waals surface area contributed by atoms with Crippen LogP contribution in [0.25, 0.3) is 0 Å². The molecule has 2 aromatic carbocycles. The summed E-state index contributed by atoms with van der Waals surface area (Å²) in [5.74, 6) is 0.151. The highest BCUT2D eigenvalue weighted by Crippen LogP contribution is 2.27. The van der Waals surface area contributed by atoms with Crippen LogP contribution in [0.1, 0.15) is 22.3 Å². The highest BCUT2D eigenvalue weighted by Gasteiger charge is 2.22. The van der Waals surface area contributed by atoms with Gasteiger partial charge in [-0.2, -0.15) is 0 Å². The van der Waals surface area contributed by atoms with Crippen LogP contribution >= 0.6 is 11.6 Å². The average molecular weight is 409 g/mol. The predicted molar refractivity (Wildman–Crippen MR) is 112 cm³/mol. The minimum Gasteiger partial charge on any atom is -0.471 e. The number of ether oxygens (including phenoxy) is 2. The molecule has 1 aliphatic rings. The first-order valence-corrected chi connectivity index (χ1v) is 9.89. The van der Waals surface area contributed by atoms with Crippen molar-refractivity contribution in [3.63, 3.8) is 0 Å². The summed E-state index contributed by atoms with van der Waals surface area (Å²) >= 11 is 6.36. The van der Waals surface area contributed by atoms with Crippen LogP contribution in [-0.4, -0.2) is 30.2 Å². The van der Waals surface area contributed by atoms with Crippen LogP contribution < -0.4 is 9.64 Å². The zero-order chi connectivity index (χ0) is 20.1. The van der Waals surface area contributed by atoms with Gasteiger partial charge in [0.2, 0.25) is 5.88 Å².